The molecular weight excluding hydrogens is 537 g/mol. The lowest BCUT2D eigenvalue weighted by atomic mass is 10.2. The van der Waals surface area contributed by atoms with Crippen molar-refractivity contribution in [2.24, 2.45) is 4.99 Å². The van der Waals surface area contributed by atoms with E-state index in [0.29, 0.717) is 46.0 Å². The molecule has 2 saturated heterocycles. The highest BCUT2D eigenvalue weighted by molar-refractivity contribution is 14.0. The van der Waals surface area contributed by atoms with Gasteiger partial charge in [0.25, 0.3) is 0 Å². The summed E-state index contributed by atoms with van der Waals surface area (Å²) in [6.07, 6.45) is 0. The maximum absolute atomic E-state index is 12.5. The van der Waals surface area contributed by atoms with Crippen LogP contribution in [0.25, 0.3) is 0 Å². The topological polar surface area (TPSA) is 78.9 Å². The minimum atomic E-state index is 0. The number of nitrogens with one attached hydrogen (secondary N) is 1. The molecule has 1 aromatic carbocycles. The van der Waals surface area contributed by atoms with Crippen molar-refractivity contribution in [3.05, 3.63) is 23.8 Å². The molecule has 1 aromatic rings. The molecule has 2 heterocycles. The van der Waals surface area contributed by atoms with Gasteiger partial charge >= 0.3 is 0 Å². The van der Waals surface area contributed by atoms with Gasteiger partial charge in [-0.2, -0.15) is 0 Å². The average molecular weight is 575 g/mol. The highest BCUT2D eigenvalue weighted by atomic mass is 127. The van der Waals surface area contributed by atoms with Crippen LogP contribution in [0.1, 0.15) is 19.4 Å². The summed E-state index contributed by atoms with van der Waals surface area (Å²) in [5.41, 5.74) is 1.07. The third kappa shape index (κ3) is 8.18. The number of carbonyl (C=O) groups is 1. The molecule has 0 radical (unpaired) electrons. The van der Waals surface area contributed by atoms with Crippen LogP contribution in [-0.2, 0) is 16.1 Å². The van der Waals surface area contributed by atoms with E-state index in [-0.39, 0.29) is 29.9 Å². The summed E-state index contributed by atoms with van der Waals surface area (Å²) >= 11 is 0. The molecule has 0 unspecified atom stereocenters. The third-order valence-corrected chi connectivity index (χ3v) is 5.67. The molecule has 3 rings (SSSR count). The second kappa shape index (κ2) is 14.5. The number of piperazine rings is 1. The van der Waals surface area contributed by atoms with Gasteiger partial charge in [-0.25, -0.2) is 4.99 Å². The van der Waals surface area contributed by atoms with E-state index in [9.17, 15) is 4.79 Å². The molecule has 9 nitrogen and oxygen atoms in total. The third-order valence-electron chi connectivity index (χ3n) is 5.67. The van der Waals surface area contributed by atoms with Crippen LogP contribution in [0.2, 0.25) is 0 Å². The Bertz CT molecular complexity index is 765. The predicted octanol–water partition coefficient (Wildman–Crippen LogP) is 1.65. The fourth-order valence-electron chi connectivity index (χ4n) is 3.90. The van der Waals surface area contributed by atoms with Crippen molar-refractivity contribution < 1.29 is 19.0 Å². The van der Waals surface area contributed by atoms with Crippen LogP contribution in [0.4, 0.5) is 0 Å². The number of ether oxygens (including phenoxy) is 3. The summed E-state index contributed by atoms with van der Waals surface area (Å²) in [5.74, 6) is 2.58. The van der Waals surface area contributed by atoms with E-state index >= 15 is 0 Å². The molecule has 2 aliphatic rings. The van der Waals surface area contributed by atoms with Gasteiger partial charge in [0.05, 0.1) is 40.0 Å². The number of hydrogen-bond acceptors (Lipinski definition) is 6. The Balaban J connectivity index is 0.00000385. The zero-order chi connectivity index (χ0) is 22.8. The summed E-state index contributed by atoms with van der Waals surface area (Å²) in [5, 5.41) is 3.40. The fraction of sp³-hybridized carbons (Fsp3) is 0.652. The molecule has 10 heteroatoms. The SMILES string of the molecule is CCNC(=NCc1ccc(OC)c(OCC)c1)N1CCN(CC(=O)N2CCOCC2)CC1.I. The largest absolute Gasteiger partial charge is 0.493 e. The Hall–Kier alpha value is -1.79. The maximum atomic E-state index is 12.5. The van der Waals surface area contributed by atoms with Gasteiger partial charge in [-0.05, 0) is 31.5 Å². The predicted molar refractivity (Wildman–Crippen MR) is 140 cm³/mol. The fourth-order valence-corrected chi connectivity index (χ4v) is 3.90. The van der Waals surface area contributed by atoms with Crippen LogP contribution in [0, 0.1) is 0 Å². The van der Waals surface area contributed by atoms with Gasteiger partial charge in [0.15, 0.2) is 17.5 Å². The molecule has 0 aromatic heterocycles. The van der Waals surface area contributed by atoms with Gasteiger partial charge in [0.1, 0.15) is 0 Å². The van der Waals surface area contributed by atoms with Crippen LogP contribution in [0.15, 0.2) is 23.2 Å². The molecule has 0 spiro atoms. The van der Waals surface area contributed by atoms with Gasteiger partial charge in [0, 0.05) is 45.8 Å². The molecule has 1 N–H and O–H groups in total. The lowest BCUT2D eigenvalue weighted by molar-refractivity contribution is -0.136. The van der Waals surface area contributed by atoms with Crippen molar-refractivity contribution in [3.8, 4) is 11.5 Å². The quantitative estimate of drug-likeness (QED) is 0.287. The van der Waals surface area contributed by atoms with Crippen molar-refractivity contribution >= 4 is 35.8 Å². The first-order chi connectivity index (χ1) is 15.6. The molecule has 0 aliphatic carbocycles. The van der Waals surface area contributed by atoms with Gasteiger partial charge < -0.3 is 29.3 Å². The van der Waals surface area contributed by atoms with E-state index < -0.39 is 0 Å². The Morgan fingerprint density at radius 2 is 1.79 bits per heavy atom. The van der Waals surface area contributed by atoms with Crippen LogP contribution in [-0.4, -0.2) is 106 Å². The van der Waals surface area contributed by atoms with Crippen molar-refractivity contribution in [3.63, 3.8) is 0 Å². The number of aliphatic imine (C=N–C) groups is 1. The average Bonchev–Trinajstić information content (AvgIpc) is 2.83. The van der Waals surface area contributed by atoms with E-state index in [1.165, 1.54) is 0 Å². The van der Waals surface area contributed by atoms with E-state index in [1.807, 2.05) is 30.0 Å². The second-order valence-electron chi connectivity index (χ2n) is 7.84. The number of halogens is 1. The molecular formula is C23H38IN5O4. The number of rotatable bonds is 8. The number of nitrogens with zero attached hydrogens (tertiary/aromatic N) is 4. The van der Waals surface area contributed by atoms with E-state index in [0.717, 1.165) is 55.7 Å². The summed E-state index contributed by atoms with van der Waals surface area (Å²) in [6.45, 7) is 12.5. The Morgan fingerprint density at radius 3 is 2.42 bits per heavy atom. The van der Waals surface area contributed by atoms with Gasteiger partial charge in [0.2, 0.25) is 5.91 Å². The van der Waals surface area contributed by atoms with E-state index in [4.69, 9.17) is 19.2 Å². The first-order valence-electron chi connectivity index (χ1n) is 11.6. The van der Waals surface area contributed by atoms with Crippen LogP contribution >= 0.6 is 24.0 Å². The van der Waals surface area contributed by atoms with Gasteiger partial charge in [-0.15, -0.1) is 24.0 Å². The normalized spacial score (nSPS) is 17.4. The highest BCUT2D eigenvalue weighted by Crippen LogP contribution is 2.28. The summed E-state index contributed by atoms with van der Waals surface area (Å²) in [4.78, 5) is 23.8. The Morgan fingerprint density at radius 1 is 1.06 bits per heavy atom. The van der Waals surface area contributed by atoms with Crippen molar-refractivity contribution in [1.82, 2.24) is 20.0 Å². The number of hydrogen-bond donors (Lipinski definition) is 1. The first kappa shape index (κ1) is 27.5. The summed E-state index contributed by atoms with van der Waals surface area (Å²) in [6, 6.07) is 5.93. The number of carbonyl (C=O) groups excluding carboxylic acids is 1. The van der Waals surface area contributed by atoms with Crippen molar-refractivity contribution in [2.75, 3.05) is 79.3 Å². The van der Waals surface area contributed by atoms with Crippen molar-refractivity contribution in [2.45, 2.75) is 20.4 Å². The molecule has 33 heavy (non-hydrogen) atoms. The first-order valence-corrected chi connectivity index (χ1v) is 11.6. The standard InChI is InChI=1S/C23H37N5O4.HI/c1-4-24-23(25-17-19-6-7-20(30-3)21(16-19)32-5-2)28-10-8-26(9-11-28)18-22(29)27-12-14-31-15-13-27;/h6-7,16H,4-5,8-15,17-18H2,1-3H3,(H,24,25);1H. The number of amides is 1. The minimum absolute atomic E-state index is 0. The lowest BCUT2D eigenvalue weighted by Gasteiger charge is -2.37. The summed E-state index contributed by atoms with van der Waals surface area (Å²) < 4.78 is 16.4. The highest BCUT2D eigenvalue weighted by Gasteiger charge is 2.24. The van der Waals surface area contributed by atoms with Crippen LogP contribution < -0.4 is 14.8 Å². The molecule has 0 saturated carbocycles. The van der Waals surface area contributed by atoms with E-state index in [2.05, 4.69) is 22.0 Å². The number of morpholine rings is 1. The molecule has 1 amide bonds. The lowest BCUT2D eigenvalue weighted by Crippen LogP contribution is -2.54. The molecule has 0 atom stereocenters. The van der Waals surface area contributed by atoms with Crippen LogP contribution in [0.3, 0.4) is 0 Å². The number of guanidine groups is 1. The maximum Gasteiger partial charge on any atom is 0.236 e. The van der Waals surface area contributed by atoms with E-state index in [1.54, 1.807) is 7.11 Å². The second-order valence-corrected chi connectivity index (χ2v) is 7.84. The molecule has 0 bridgehead atoms. The minimum Gasteiger partial charge on any atom is -0.493 e. The number of benzene rings is 1. The Kier molecular flexibility index (Phi) is 12.0. The zero-order valence-electron chi connectivity index (χ0n) is 20.0. The van der Waals surface area contributed by atoms with Crippen molar-refractivity contribution in [1.29, 1.82) is 0 Å². The van der Waals surface area contributed by atoms with Crippen LogP contribution in [0.5, 0.6) is 11.5 Å². The van der Waals surface area contributed by atoms with Gasteiger partial charge in [-0.1, -0.05) is 6.07 Å². The Labute approximate surface area is 214 Å². The smallest absolute Gasteiger partial charge is 0.236 e. The van der Waals surface area contributed by atoms with Gasteiger partial charge in [-0.3, -0.25) is 9.69 Å². The summed E-state index contributed by atoms with van der Waals surface area (Å²) in [7, 11) is 1.65. The zero-order valence-corrected chi connectivity index (χ0v) is 22.4. The number of methoxy groups -OCH3 is 1. The molecule has 2 fully saturated rings. The molecule has 186 valence electrons. The molecule has 2 aliphatic heterocycles. The monoisotopic (exact) mass is 575 g/mol.